The van der Waals surface area contributed by atoms with Gasteiger partial charge in [0.1, 0.15) is 5.83 Å². The van der Waals surface area contributed by atoms with Crippen molar-refractivity contribution in [3.8, 4) is 0 Å². The van der Waals surface area contributed by atoms with E-state index in [9.17, 15) is 13.2 Å². The SMILES string of the molecule is FC1=C(F)C(F)(Cl)C1. The highest BCUT2D eigenvalue weighted by molar-refractivity contribution is 6.25. The van der Waals surface area contributed by atoms with Gasteiger partial charge in [0, 0.05) is 0 Å². The quantitative estimate of drug-likeness (QED) is 0.456. The van der Waals surface area contributed by atoms with Gasteiger partial charge in [-0.3, -0.25) is 0 Å². The summed E-state index contributed by atoms with van der Waals surface area (Å²) in [5.74, 6) is -2.55. The minimum Gasteiger partial charge on any atom is -0.218 e. The molecule has 0 aromatic heterocycles. The molecule has 0 heterocycles. The Morgan fingerprint density at radius 2 is 2.00 bits per heavy atom. The van der Waals surface area contributed by atoms with Gasteiger partial charge in [0.15, 0.2) is 5.83 Å². The summed E-state index contributed by atoms with van der Waals surface area (Å²) in [6.07, 6.45) is -0.639. The van der Waals surface area contributed by atoms with Gasteiger partial charge in [0.25, 0.3) is 0 Å². The lowest BCUT2D eigenvalue weighted by molar-refractivity contribution is 0.201. The lowest BCUT2D eigenvalue weighted by Gasteiger charge is -2.23. The van der Waals surface area contributed by atoms with E-state index < -0.39 is 23.2 Å². The minimum absolute atomic E-state index is 0.639. The van der Waals surface area contributed by atoms with Crippen LogP contribution in [-0.4, -0.2) is 5.13 Å². The fourth-order valence-electron chi connectivity index (χ4n) is 0.442. The summed E-state index contributed by atoms with van der Waals surface area (Å²) in [5.41, 5.74) is 0. The summed E-state index contributed by atoms with van der Waals surface area (Å²) in [6, 6.07) is 0. The maximum Gasteiger partial charge on any atom is 0.243 e. The van der Waals surface area contributed by atoms with Crippen LogP contribution in [0.2, 0.25) is 0 Å². The molecule has 1 unspecified atom stereocenters. The molecule has 0 bridgehead atoms. The summed E-state index contributed by atoms with van der Waals surface area (Å²) in [7, 11) is 0. The molecule has 0 spiro atoms. The Bertz CT molecular complexity index is 149. The molecule has 0 fully saturated rings. The molecule has 1 atom stereocenters. The average Bonchev–Trinajstić information content (AvgIpc) is 1.65. The Kier molecular flexibility index (Phi) is 1.05. The molecule has 1 aliphatic rings. The van der Waals surface area contributed by atoms with Gasteiger partial charge in [-0.25, -0.2) is 13.2 Å². The van der Waals surface area contributed by atoms with Gasteiger partial charge < -0.3 is 0 Å². The number of rotatable bonds is 0. The molecule has 1 aliphatic carbocycles. The van der Waals surface area contributed by atoms with Crippen LogP contribution in [0, 0.1) is 0 Å². The first-order valence-electron chi connectivity index (χ1n) is 1.96. The van der Waals surface area contributed by atoms with Crippen molar-refractivity contribution in [1.29, 1.82) is 0 Å². The van der Waals surface area contributed by atoms with Crippen molar-refractivity contribution < 1.29 is 13.2 Å². The van der Waals surface area contributed by atoms with E-state index in [0.717, 1.165) is 0 Å². The first kappa shape index (κ1) is 5.95. The molecule has 0 aliphatic heterocycles. The van der Waals surface area contributed by atoms with Crippen LogP contribution >= 0.6 is 11.6 Å². The van der Waals surface area contributed by atoms with E-state index in [1.807, 2.05) is 0 Å². The van der Waals surface area contributed by atoms with Crippen molar-refractivity contribution in [3.05, 3.63) is 11.7 Å². The fourth-order valence-corrected chi connectivity index (χ4v) is 0.662. The monoisotopic (exact) mass is 142 g/mol. The molecular formula is C4H2ClF3. The zero-order chi connectivity index (χ0) is 6.36. The van der Waals surface area contributed by atoms with Crippen LogP contribution in [0.25, 0.3) is 0 Å². The molecule has 0 saturated carbocycles. The topological polar surface area (TPSA) is 0 Å². The molecule has 0 radical (unpaired) electrons. The summed E-state index contributed by atoms with van der Waals surface area (Å²) in [4.78, 5) is 0. The summed E-state index contributed by atoms with van der Waals surface area (Å²) < 4.78 is 35.2. The van der Waals surface area contributed by atoms with E-state index in [1.165, 1.54) is 0 Å². The third kappa shape index (κ3) is 0.616. The zero-order valence-corrected chi connectivity index (χ0v) is 4.47. The van der Waals surface area contributed by atoms with Crippen LogP contribution in [0.1, 0.15) is 6.42 Å². The lowest BCUT2D eigenvalue weighted by Crippen LogP contribution is -2.25. The van der Waals surface area contributed by atoms with Gasteiger partial charge in [-0.1, -0.05) is 11.6 Å². The number of hydrogen-bond donors (Lipinski definition) is 0. The summed E-state index contributed by atoms with van der Waals surface area (Å²) >= 11 is 4.71. The van der Waals surface area contributed by atoms with Gasteiger partial charge in [0.05, 0.1) is 6.42 Å². The molecule has 0 nitrogen and oxygen atoms in total. The Labute approximate surface area is 48.9 Å². The lowest BCUT2D eigenvalue weighted by atomic mass is 10.1. The second kappa shape index (κ2) is 1.41. The van der Waals surface area contributed by atoms with E-state index in [2.05, 4.69) is 0 Å². The second-order valence-corrected chi connectivity index (χ2v) is 2.20. The van der Waals surface area contributed by atoms with Crippen molar-refractivity contribution in [2.24, 2.45) is 0 Å². The molecule has 0 N–H and O–H groups in total. The Morgan fingerprint density at radius 1 is 1.50 bits per heavy atom. The smallest absolute Gasteiger partial charge is 0.218 e. The van der Waals surface area contributed by atoms with Crippen molar-refractivity contribution in [1.82, 2.24) is 0 Å². The first-order valence-corrected chi connectivity index (χ1v) is 2.34. The molecule has 0 amide bonds. The molecule has 0 aromatic rings. The molecule has 0 saturated heterocycles. The molecule has 8 heavy (non-hydrogen) atoms. The third-order valence-electron chi connectivity index (χ3n) is 0.937. The maximum absolute atomic E-state index is 11.9. The highest BCUT2D eigenvalue weighted by Gasteiger charge is 2.46. The fraction of sp³-hybridized carbons (Fsp3) is 0.500. The van der Waals surface area contributed by atoms with Crippen molar-refractivity contribution in [2.75, 3.05) is 0 Å². The van der Waals surface area contributed by atoms with E-state index in [-0.39, 0.29) is 0 Å². The average molecular weight is 143 g/mol. The highest BCUT2D eigenvalue weighted by Crippen LogP contribution is 2.46. The zero-order valence-electron chi connectivity index (χ0n) is 3.72. The van der Waals surface area contributed by atoms with E-state index in [1.54, 1.807) is 0 Å². The van der Waals surface area contributed by atoms with Gasteiger partial charge in [0.2, 0.25) is 5.13 Å². The summed E-state index contributed by atoms with van der Waals surface area (Å²) in [6.45, 7) is 0. The number of hydrogen-bond acceptors (Lipinski definition) is 0. The normalized spacial score (nSPS) is 37.5. The van der Waals surface area contributed by atoms with E-state index in [4.69, 9.17) is 11.6 Å². The minimum atomic E-state index is -2.54. The van der Waals surface area contributed by atoms with Gasteiger partial charge in [-0.05, 0) is 0 Å². The van der Waals surface area contributed by atoms with Crippen LogP contribution in [0.5, 0.6) is 0 Å². The largest absolute Gasteiger partial charge is 0.243 e. The summed E-state index contributed by atoms with van der Waals surface area (Å²) in [5, 5.41) is -2.54. The molecule has 0 aromatic carbocycles. The van der Waals surface area contributed by atoms with Crippen LogP contribution in [0.15, 0.2) is 11.7 Å². The molecule has 1 rings (SSSR count). The third-order valence-corrected chi connectivity index (χ3v) is 1.24. The van der Waals surface area contributed by atoms with E-state index >= 15 is 0 Å². The number of allylic oxidation sites excluding steroid dienone is 2. The predicted octanol–water partition coefficient (Wildman–Crippen LogP) is 2.45. The first-order chi connectivity index (χ1) is 3.54. The Balaban J connectivity index is 2.80. The van der Waals surface area contributed by atoms with Crippen LogP contribution < -0.4 is 0 Å². The van der Waals surface area contributed by atoms with Crippen LogP contribution in [0.3, 0.4) is 0 Å². The van der Waals surface area contributed by atoms with Crippen molar-refractivity contribution >= 4 is 11.6 Å². The number of halogens is 4. The van der Waals surface area contributed by atoms with Gasteiger partial charge in [-0.2, -0.15) is 0 Å². The van der Waals surface area contributed by atoms with Crippen molar-refractivity contribution in [2.45, 2.75) is 11.5 Å². The molecular weight excluding hydrogens is 140 g/mol. The molecule has 4 heteroatoms. The second-order valence-electron chi connectivity index (χ2n) is 1.60. The Hall–Kier alpha value is -0.180. The number of alkyl halides is 2. The standard InChI is InChI=1S/C4H2ClF3/c5-4(8)1-2(6)3(4)7/h1H2. The van der Waals surface area contributed by atoms with Gasteiger partial charge >= 0.3 is 0 Å². The van der Waals surface area contributed by atoms with E-state index in [0.29, 0.717) is 0 Å². The highest BCUT2D eigenvalue weighted by atomic mass is 35.5. The molecule has 46 valence electrons. The van der Waals surface area contributed by atoms with Crippen LogP contribution in [0.4, 0.5) is 13.2 Å². The predicted molar refractivity (Wildman–Crippen MR) is 23.6 cm³/mol. The maximum atomic E-state index is 11.9. The Morgan fingerprint density at radius 3 is 2.00 bits per heavy atom. The van der Waals surface area contributed by atoms with Crippen molar-refractivity contribution in [3.63, 3.8) is 0 Å². The van der Waals surface area contributed by atoms with Gasteiger partial charge in [-0.15, -0.1) is 0 Å². The van der Waals surface area contributed by atoms with Crippen LogP contribution in [-0.2, 0) is 0 Å².